The van der Waals surface area contributed by atoms with E-state index in [1.807, 2.05) is 0 Å². The number of hydrogen-bond acceptors (Lipinski definition) is 4. The summed E-state index contributed by atoms with van der Waals surface area (Å²) in [7, 11) is 3.12. The van der Waals surface area contributed by atoms with Crippen molar-refractivity contribution in [3.8, 4) is 0 Å². The molecule has 0 aliphatic heterocycles. The van der Waals surface area contributed by atoms with Gasteiger partial charge in [-0.3, -0.25) is 4.79 Å². The molecule has 1 N–H and O–H groups in total. The maximum Gasteiger partial charge on any atom is 0.341 e. The lowest BCUT2D eigenvalue weighted by molar-refractivity contribution is -0.132. The fourth-order valence-electron chi connectivity index (χ4n) is 1.20. The molecule has 5 nitrogen and oxygen atoms in total. The third-order valence-electron chi connectivity index (χ3n) is 1.91. The Morgan fingerprint density at radius 2 is 2.11 bits per heavy atom. The highest BCUT2D eigenvalue weighted by Gasteiger charge is 2.23. The predicted molar refractivity (Wildman–Crippen MR) is 65.6 cm³/mol. The molecule has 0 atom stereocenters. The average molecular weight is 317 g/mol. The van der Waals surface area contributed by atoms with E-state index < -0.39 is 23.3 Å². The summed E-state index contributed by atoms with van der Waals surface area (Å²) in [6.45, 7) is 0. The predicted octanol–water partition coefficient (Wildman–Crippen LogP) is 1.70. The van der Waals surface area contributed by atoms with E-state index in [4.69, 9.17) is 5.11 Å². The third-order valence-corrected chi connectivity index (χ3v) is 2.35. The molecule has 0 unspecified atom stereocenters. The van der Waals surface area contributed by atoms with E-state index in [1.165, 1.54) is 17.2 Å². The maximum atomic E-state index is 13.4. The zero-order valence-electron chi connectivity index (χ0n) is 9.65. The molecule has 0 spiro atoms. The van der Waals surface area contributed by atoms with Gasteiger partial charge in [0.25, 0.3) is 0 Å². The first-order chi connectivity index (χ1) is 8.32. The van der Waals surface area contributed by atoms with Crippen LogP contribution in [0.2, 0.25) is 0 Å². The second-order valence-electron chi connectivity index (χ2n) is 3.63. The van der Waals surface area contributed by atoms with Crippen molar-refractivity contribution in [1.82, 2.24) is 9.88 Å². The SMILES string of the molecule is CN(C)C=C(C(=O)O)C(=O)c1cc(Br)cnc1F. The van der Waals surface area contributed by atoms with Gasteiger partial charge in [-0.05, 0) is 22.0 Å². The highest BCUT2D eigenvalue weighted by molar-refractivity contribution is 9.10. The second kappa shape index (κ2) is 5.72. The van der Waals surface area contributed by atoms with Crippen LogP contribution in [-0.2, 0) is 4.79 Å². The van der Waals surface area contributed by atoms with Crippen LogP contribution in [-0.4, -0.2) is 40.8 Å². The van der Waals surface area contributed by atoms with Gasteiger partial charge >= 0.3 is 5.97 Å². The number of aromatic nitrogens is 1. The molecule has 0 amide bonds. The Bertz CT molecular complexity index is 529. The lowest BCUT2D eigenvalue weighted by atomic mass is 10.1. The molecule has 0 saturated carbocycles. The number of halogens is 2. The van der Waals surface area contributed by atoms with E-state index in [-0.39, 0.29) is 5.56 Å². The van der Waals surface area contributed by atoms with Crippen molar-refractivity contribution in [2.45, 2.75) is 0 Å². The maximum absolute atomic E-state index is 13.4. The molecule has 1 heterocycles. The number of carboxylic acid groups (broad SMARTS) is 1. The van der Waals surface area contributed by atoms with Crippen molar-refractivity contribution >= 4 is 27.7 Å². The summed E-state index contributed by atoms with van der Waals surface area (Å²) in [6, 6.07) is 1.19. The molecule has 0 aliphatic rings. The van der Waals surface area contributed by atoms with E-state index in [0.29, 0.717) is 4.47 Å². The second-order valence-corrected chi connectivity index (χ2v) is 4.55. The van der Waals surface area contributed by atoms with Gasteiger partial charge in [0.1, 0.15) is 5.57 Å². The standard InChI is InChI=1S/C11H10BrFN2O3/c1-15(2)5-8(11(17)18)9(16)7-3-6(12)4-14-10(7)13/h3-5H,1-2H3,(H,17,18). The minimum atomic E-state index is -1.42. The fraction of sp³-hybridized carbons (Fsp3) is 0.182. The van der Waals surface area contributed by atoms with E-state index in [0.717, 1.165) is 6.20 Å². The number of rotatable bonds is 4. The normalized spacial score (nSPS) is 11.2. The van der Waals surface area contributed by atoms with Gasteiger partial charge in [-0.15, -0.1) is 0 Å². The molecule has 0 saturated heterocycles. The molecule has 7 heteroatoms. The van der Waals surface area contributed by atoms with E-state index in [9.17, 15) is 14.0 Å². The summed E-state index contributed by atoms with van der Waals surface area (Å²) in [6.07, 6.45) is 2.30. The summed E-state index contributed by atoms with van der Waals surface area (Å²) in [4.78, 5) is 27.6. The summed E-state index contributed by atoms with van der Waals surface area (Å²) in [5, 5.41) is 8.94. The van der Waals surface area contributed by atoms with Crippen molar-refractivity contribution in [2.75, 3.05) is 14.1 Å². The summed E-state index contributed by atoms with van der Waals surface area (Å²) in [5.74, 6) is -3.36. The number of carbonyl (C=O) groups excluding carboxylic acids is 1. The highest BCUT2D eigenvalue weighted by Crippen LogP contribution is 2.17. The van der Waals surface area contributed by atoms with Gasteiger partial charge in [-0.2, -0.15) is 4.39 Å². The molecule has 18 heavy (non-hydrogen) atoms. The van der Waals surface area contributed by atoms with Crippen molar-refractivity contribution in [2.24, 2.45) is 0 Å². The van der Waals surface area contributed by atoms with Crippen LogP contribution < -0.4 is 0 Å². The number of nitrogens with zero attached hydrogens (tertiary/aromatic N) is 2. The molecule has 96 valence electrons. The number of carbonyl (C=O) groups is 2. The number of ketones is 1. The Morgan fingerprint density at radius 3 is 2.61 bits per heavy atom. The van der Waals surface area contributed by atoms with Gasteiger partial charge in [-0.25, -0.2) is 9.78 Å². The van der Waals surface area contributed by atoms with Gasteiger partial charge in [-0.1, -0.05) is 0 Å². The first-order valence-electron chi connectivity index (χ1n) is 4.80. The zero-order valence-corrected chi connectivity index (χ0v) is 11.2. The van der Waals surface area contributed by atoms with Crippen LogP contribution in [0.15, 0.2) is 28.5 Å². The van der Waals surface area contributed by atoms with Crippen LogP contribution in [0.25, 0.3) is 0 Å². The summed E-state index contributed by atoms with van der Waals surface area (Å²) >= 11 is 3.04. The Morgan fingerprint density at radius 1 is 1.50 bits per heavy atom. The van der Waals surface area contributed by atoms with Gasteiger partial charge in [0.05, 0.1) is 5.56 Å². The molecule has 1 aromatic heterocycles. The fourth-order valence-corrected chi connectivity index (χ4v) is 1.53. The lowest BCUT2D eigenvalue weighted by Gasteiger charge is -2.08. The smallest absolute Gasteiger partial charge is 0.341 e. The Labute approximate surface area is 111 Å². The Hall–Kier alpha value is -1.76. The van der Waals surface area contributed by atoms with Crippen LogP contribution in [0.5, 0.6) is 0 Å². The van der Waals surface area contributed by atoms with Crippen molar-refractivity contribution in [3.63, 3.8) is 0 Å². The van der Waals surface area contributed by atoms with Gasteiger partial charge in [0, 0.05) is 31.0 Å². The molecule has 1 rings (SSSR count). The van der Waals surface area contributed by atoms with Crippen LogP contribution in [0.4, 0.5) is 4.39 Å². The van der Waals surface area contributed by atoms with Crippen molar-refractivity contribution in [3.05, 3.63) is 40.0 Å². The number of aliphatic carboxylic acids is 1. The van der Waals surface area contributed by atoms with Crippen molar-refractivity contribution < 1.29 is 19.1 Å². The topological polar surface area (TPSA) is 70.5 Å². The molecular weight excluding hydrogens is 307 g/mol. The van der Waals surface area contributed by atoms with Crippen LogP contribution in [0.1, 0.15) is 10.4 Å². The first kappa shape index (κ1) is 14.3. The number of pyridine rings is 1. The van der Waals surface area contributed by atoms with Crippen LogP contribution in [0, 0.1) is 5.95 Å². The number of hydrogen-bond donors (Lipinski definition) is 1. The molecule has 0 aromatic carbocycles. The largest absolute Gasteiger partial charge is 0.477 e. The molecule has 0 aliphatic carbocycles. The van der Waals surface area contributed by atoms with Crippen LogP contribution in [0.3, 0.4) is 0 Å². The van der Waals surface area contributed by atoms with Gasteiger partial charge in [0.15, 0.2) is 0 Å². The minimum absolute atomic E-state index is 0.389. The monoisotopic (exact) mass is 316 g/mol. The minimum Gasteiger partial charge on any atom is -0.477 e. The summed E-state index contributed by atoms with van der Waals surface area (Å²) in [5.41, 5.74) is -0.918. The molecule has 1 aromatic rings. The highest BCUT2D eigenvalue weighted by atomic mass is 79.9. The summed E-state index contributed by atoms with van der Waals surface area (Å²) < 4.78 is 13.8. The average Bonchev–Trinajstić information content (AvgIpc) is 2.27. The Balaban J connectivity index is 3.27. The van der Waals surface area contributed by atoms with Gasteiger partial charge in [0.2, 0.25) is 11.7 Å². The van der Waals surface area contributed by atoms with Crippen LogP contribution >= 0.6 is 15.9 Å². The molecule has 0 radical (unpaired) electrons. The van der Waals surface area contributed by atoms with Crippen molar-refractivity contribution in [1.29, 1.82) is 0 Å². The van der Waals surface area contributed by atoms with E-state index >= 15 is 0 Å². The van der Waals surface area contributed by atoms with E-state index in [1.54, 1.807) is 14.1 Å². The lowest BCUT2D eigenvalue weighted by Crippen LogP contribution is -2.18. The third kappa shape index (κ3) is 3.36. The number of Topliss-reactive ketones (excluding diaryl/α,β-unsaturated/α-hetero) is 1. The Kier molecular flexibility index (Phi) is 4.55. The zero-order chi connectivity index (χ0) is 13.9. The quantitative estimate of drug-likeness (QED) is 0.301. The molecular formula is C11H10BrFN2O3. The number of carboxylic acids is 1. The molecule has 0 fully saturated rings. The molecule has 0 bridgehead atoms. The van der Waals surface area contributed by atoms with E-state index in [2.05, 4.69) is 20.9 Å². The first-order valence-corrected chi connectivity index (χ1v) is 5.59. The van der Waals surface area contributed by atoms with Gasteiger partial charge < -0.3 is 10.0 Å².